The molecule has 0 rings (SSSR count). The summed E-state index contributed by atoms with van der Waals surface area (Å²) in [6.07, 6.45) is 0.563. The molecule has 0 heterocycles. The van der Waals surface area contributed by atoms with Gasteiger partial charge in [0, 0.05) is 5.71 Å². The van der Waals surface area contributed by atoms with Crippen molar-refractivity contribution in [3.05, 3.63) is 23.8 Å². The third kappa shape index (κ3) is 6.94. The summed E-state index contributed by atoms with van der Waals surface area (Å²) in [4.78, 5) is 0. The second-order valence-corrected chi connectivity index (χ2v) is 3.65. The van der Waals surface area contributed by atoms with E-state index in [4.69, 9.17) is 5.41 Å². The molecule has 1 unspecified atom stereocenters. The van der Waals surface area contributed by atoms with Gasteiger partial charge in [0.05, 0.1) is 5.92 Å². The Morgan fingerprint density at radius 3 is 2.27 bits per heavy atom. The maximum Gasteiger partial charge on any atom is 0.391 e. The first-order valence-electron chi connectivity index (χ1n) is 4.70. The molecule has 0 amide bonds. The maximum atomic E-state index is 12.1. The summed E-state index contributed by atoms with van der Waals surface area (Å²) in [6, 6.07) is 0. The van der Waals surface area contributed by atoms with Gasteiger partial charge in [-0.05, 0) is 31.9 Å². The third-order valence-corrected chi connectivity index (χ3v) is 1.87. The summed E-state index contributed by atoms with van der Waals surface area (Å²) in [5, 5.41) is 7.15. The van der Waals surface area contributed by atoms with Gasteiger partial charge in [-0.1, -0.05) is 19.1 Å². The van der Waals surface area contributed by atoms with Crippen molar-refractivity contribution in [2.75, 3.05) is 0 Å². The summed E-state index contributed by atoms with van der Waals surface area (Å²) in [5.41, 5.74) is 1.18. The number of hydrogen-bond donors (Lipinski definition) is 1. The number of alkyl halides is 3. The summed E-state index contributed by atoms with van der Waals surface area (Å²) < 4.78 is 36.3. The predicted octanol–water partition coefficient (Wildman–Crippen LogP) is 4.12. The molecule has 15 heavy (non-hydrogen) atoms. The Morgan fingerprint density at radius 2 is 1.87 bits per heavy atom. The lowest BCUT2D eigenvalue weighted by molar-refractivity contribution is -0.168. The van der Waals surface area contributed by atoms with Crippen molar-refractivity contribution < 1.29 is 13.2 Å². The summed E-state index contributed by atoms with van der Waals surface area (Å²) in [6.45, 7) is 4.54. The second kappa shape index (κ2) is 5.73. The minimum absolute atomic E-state index is 0.0221. The first-order chi connectivity index (χ1) is 6.73. The highest BCUT2D eigenvalue weighted by atomic mass is 19.4. The van der Waals surface area contributed by atoms with Crippen LogP contribution in [-0.4, -0.2) is 11.9 Å². The number of halogens is 3. The van der Waals surface area contributed by atoms with Crippen molar-refractivity contribution in [3.63, 3.8) is 0 Å². The highest BCUT2D eigenvalue weighted by Crippen LogP contribution is 2.28. The molecule has 1 atom stereocenters. The zero-order chi connectivity index (χ0) is 12.1. The van der Waals surface area contributed by atoms with E-state index in [0.717, 1.165) is 12.5 Å². The van der Waals surface area contributed by atoms with Crippen LogP contribution < -0.4 is 0 Å². The zero-order valence-electron chi connectivity index (χ0n) is 9.15. The van der Waals surface area contributed by atoms with E-state index in [9.17, 15) is 13.2 Å². The first-order valence-corrected chi connectivity index (χ1v) is 4.70. The number of allylic oxidation sites excluding steroid dienone is 4. The Kier molecular flexibility index (Phi) is 5.33. The van der Waals surface area contributed by atoms with Crippen molar-refractivity contribution in [1.82, 2.24) is 0 Å². The Labute approximate surface area is 88.2 Å². The van der Waals surface area contributed by atoms with Gasteiger partial charge in [0.15, 0.2) is 0 Å². The molecule has 0 saturated heterocycles. The van der Waals surface area contributed by atoms with Gasteiger partial charge in [-0.15, -0.1) is 0 Å². The smallest absolute Gasteiger partial charge is 0.306 e. The standard InChI is InChI=1S/C11H16F3N/c1-8(7-10(3)15)5-4-6-9(2)11(12,13)14/h4-5,7,9,15H,6H2,1-3H3/b5-4-,8-7+,15-10?. The van der Waals surface area contributed by atoms with Gasteiger partial charge in [0.25, 0.3) is 0 Å². The van der Waals surface area contributed by atoms with E-state index >= 15 is 0 Å². The predicted molar refractivity (Wildman–Crippen MR) is 56.1 cm³/mol. The Bertz CT molecular complexity index is 274. The van der Waals surface area contributed by atoms with E-state index in [0.29, 0.717) is 5.71 Å². The van der Waals surface area contributed by atoms with Crippen LogP contribution in [0.2, 0.25) is 0 Å². The molecular formula is C11H16F3N. The average Bonchev–Trinajstić information content (AvgIpc) is 2.00. The van der Waals surface area contributed by atoms with Crippen LogP contribution in [0.3, 0.4) is 0 Å². The minimum Gasteiger partial charge on any atom is -0.306 e. The van der Waals surface area contributed by atoms with Gasteiger partial charge < -0.3 is 5.41 Å². The average molecular weight is 219 g/mol. The molecule has 0 radical (unpaired) electrons. The van der Waals surface area contributed by atoms with Crippen LogP contribution in [-0.2, 0) is 0 Å². The molecule has 0 aromatic carbocycles. The highest BCUT2D eigenvalue weighted by Gasteiger charge is 2.34. The van der Waals surface area contributed by atoms with Crippen molar-refractivity contribution in [2.45, 2.75) is 33.4 Å². The molecule has 86 valence electrons. The van der Waals surface area contributed by atoms with Crippen LogP contribution in [0.4, 0.5) is 13.2 Å². The topological polar surface area (TPSA) is 23.9 Å². The highest BCUT2D eigenvalue weighted by molar-refractivity contribution is 5.90. The van der Waals surface area contributed by atoms with Gasteiger partial charge in [-0.3, -0.25) is 0 Å². The Hall–Kier alpha value is -1.06. The van der Waals surface area contributed by atoms with Crippen molar-refractivity contribution in [2.24, 2.45) is 5.92 Å². The quantitative estimate of drug-likeness (QED) is 0.543. The van der Waals surface area contributed by atoms with Crippen LogP contribution in [0.25, 0.3) is 0 Å². The molecule has 1 nitrogen and oxygen atoms in total. The van der Waals surface area contributed by atoms with Gasteiger partial charge in [0.1, 0.15) is 0 Å². The molecule has 4 heteroatoms. The van der Waals surface area contributed by atoms with Gasteiger partial charge in [0.2, 0.25) is 0 Å². The van der Waals surface area contributed by atoms with E-state index in [2.05, 4.69) is 0 Å². The normalized spacial score (nSPS) is 15.7. The lowest BCUT2D eigenvalue weighted by Crippen LogP contribution is -2.18. The molecule has 0 aliphatic heterocycles. The largest absolute Gasteiger partial charge is 0.391 e. The van der Waals surface area contributed by atoms with Gasteiger partial charge in [-0.25, -0.2) is 0 Å². The van der Waals surface area contributed by atoms with Gasteiger partial charge in [-0.2, -0.15) is 13.2 Å². The van der Waals surface area contributed by atoms with E-state index in [1.165, 1.54) is 6.08 Å². The van der Waals surface area contributed by atoms with Crippen LogP contribution in [0, 0.1) is 11.3 Å². The molecule has 1 N–H and O–H groups in total. The molecule has 0 fully saturated rings. The van der Waals surface area contributed by atoms with Crippen molar-refractivity contribution in [3.8, 4) is 0 Å². The number of nitrogens with one attached hydrogen (secondary N) is 1. The number of hydrogen-bond acceptors (Lipinski definition) is 1. The van der Waals surface area contributed by atoms with Gasteiger partial charge >= 0.3 is 6.18 Å². The Balaban J connectivity index is 4.17. The fraction of sp³-hybridized carbons (Fsp3) is 0.545. The molecule has 0 aliphatic rings. The Morgan fingerprint density at radius 1 is 1.33 bits per heavy atom. The van der Waals surface area contributed by atoms with Crippen LogP contribution in [0.5, 0.6) is 0 Å². The number of rotatable bonds is 4. The van der Waals surface area contributed by atoms with Crippen LogP contribution in [0.1, 0.15) is 27.2 Å². The SMILES string of the molecule is CC(=N)/C=C(C)/C=C\CC(C)C(F)(F)F. The summed E-state index contributed by atoms with van der Waals surface area (Å²) >= 11 is 0. The lowest BCUT2D eigenvalue weighted by Gasteiger charge is -2.12. The fourth-order valence-corrected chi connectivity index (χ4v) is 0.981. The molecular weight excluding hydrogens is 203 g/mol. The molecule has 0 spiro atoms. The second-order valence-electron chi connectivity index (χ2n) is 3.65. The fourth-order valence-electron chi connectivity index (χ4n) is 0.981. The first kappa shape index (κ1) is 13.9. The van der Waals surface area contributed by atoms with Crippen molar-refractivity contribution in [1.29, 1.82) is 5.41 Å². The lowest BCUT2D eigenvalue weighted by atomic mass is 10.1. The van der Waals surface area contributed by atoms with E-state index < -0.39 is 12.1 Å². The third-order valence-electron chi connectivity index (χ3n) is 1.87. The summed E-state index contributed by atoms with van der Waals surface area (Å²) in [7, 11) is 0. The molecule has 0 aliphatic carbocycles. The van der Waals surface area contributed by atoms with E-state index in [-0.39, 0.29) is 6.42 Å². The van der Waals surface area contributed by atoms with Crippen molar-refractivity contribution >= 4 is 5.71 Å². The molecule has 0 bridgehead atoms. The van der Waals surface area contributed by atoms with E-state index in [1.807, 2.05) is 0 Å². The van der Waals surface area contributed by atoms with Crippen LogP contribution >= 0.6 is 0 Å². The molecule has 0 aromatic heterocycles. The molecule has 0 saturated carbocycles. The monoisotopic (exact) mass is 219 g/mol. The minimum atomic E-state index is -4.13. The zero-order valence-corrected chi connectivity index (χ0v) is 9.15. The molecule has 0 aromatic rings. The summed E-state index contributed by atoms with van der Waals surface area (Å²) in [5.74, 6) is -1.32. The van der Waals surface area contributed by atoms with E-state index in [1.54, 1.807) is 26.0 Å². The van der Waals surface area contributed by atoms with Crippen LogP contribution in [0.15, 0.2) is 23.8 Å². The maximum absolute atomic E-state index is 12.1.